The van der Waals surface area contributed by atoms with E-state index in [1.165, 1.54) is 5.56 Å². The van der Waals surface area contributed by atoms with Crippen molar-refractivity contribution in [2.24, 2.45) is 11.0 Å². The Morgan fingerprint density at radius 3 is 3.00 bits per heavy atom. The molecule has 0 N–H and O–H groups in total. The van der Waals surface area contributed by atoms with Gasteiger partial charge in [-0.15, -0.1) is 0 Å². The van der Waals surface area contributed by atoms with Gasteiger partial charge in [0.05, 0.1) is 0 Å². The van der Waals surface area contributed by atoms with Crippen LogP contribution in [0.2, 0.25) is 0 Å². The second-order valence-corrected chi connectivity index (χ2v) is 5.52. The summed E-state index contributed by atoms with van der Waals surface area (Å²) in [5.74, 6) is 0.327. The van der Waals surface area contributed by atoms with Crippen molar-refractivity contribution < 1.29 is 4.79 Å². The van der Waals surface area contributed by atoms with Gasteiger partial charge in [-0.1, -0.05) is 39.2 Å². The van der Waals surface area contributed by atoms with Gasteiger partial charge in [-0.05, 0) is 29.5 Å². The number of nitrogens with zero attached hydrogens (tertiary/aromatic N) is 4. The number of hydrogen-bond donors (Lipinski definition) is 0. The van der Waals surface area contributed by atoms with Crippen LogP contribution < -0.4 is 0 Å². The van der Waals surface area contributed by atoms with E-state index < -0.39 is 0 Å². The third-order valence-corrected chi connectivity index (χ3v) is 4.08. The standard InChI is InChI=1S/C13H15BrN4O/c14-12-4-2-1-3-11(12)5-6-18-9-10(7-13(18)19)8-16-17-15/h1-4,10H,5-9H2. The second-order valence-electron chi connectivity index (χ2n) is 4.66. The van der Waals surface area contributed by atoms with Crippen molar-refractivity contribution >= 4 is 21.8 Å². The minimum Gasteiger partial charge on any atom is -0.342 e. The number of rotatable bonds is 5. The summed E-state index contributed by atoms with van der Waals surface area (Å²) in [6, 6.07) is 8.04. The summed E-state index contributed by atoms with van der Waals surface area (Å²) < 4.78 is 1.08. The molecule has 1 aromatic carbocycles. The largest absolute Gasteiger partial charge is 0.342 e. The highest BCUT2D eigenvalue weighted by Gasteiger charge is 2.28. The molecule has 1 heterocycles. The maximum atomic E-state index is 11.8. The van der Waals surface area contributed by atoms with Crippen molar-refractivity contribution in [1.29, 1.82) is 0 Å². The normalized spacial score (nSPS) is 18.5. The zero-order valence-corrected chi connectivity index (χ0v) is 12.1. The third kappa shape index (κ3) is 3.72. The fourth-order valence-electron chi connectivity index (χ4n) is 2.30. The molecule has 1 unspecified atom stereocenters. The van der Waals surface area contributed by atoms with Gasteiger partial charge < -0.3 is 4.90 Å². The topological polar surface area (TPSA) is 69.1 Å². The molecule has 1 saturated heterocycles. The SMILES string of the molecule is [N-]=[N+]=NCC1CC(=O)N(CCc2ccccc2Br)C1. The Labute approximate surface area is 120 Å². The minimum absolute atomic E-state index is 0.158. The highest BCUT2D eigenvalue weighted by Crippen LogP contribution is 2.21. The number of benzene rings is 1. The Morgan fingerprint density at radius 1 is 1.47 bits per heavy atom. The molecule has 1 aliphatic rings. The summed E-state index contributed by atoms with van der Waals surface area (Å²) in [7, 11) is 0. The predicted molar refractivity (Wildman–Crippen MR) is 76.5 cm³/mol. The van der Waals surface area contributed by atoms with Gasteiger partial charge in [-0.3, -0.25) is 4.79 Å². The van der Waals surface area contributed by atoms with Crippen LogP contribution in [0, 0.1) is 5.92 Å². The van der Waals surface area contributed by atoms with Crippen LogP contribution >= 0.6 is 15.9 Å². The maximum absolute atomic E-state index is 11.8. The number of likely N-dealkylation sites (tertiary alicyclic amines) is 1. The summed E-state index contributed by atoms with van der Waals surface area (Å²) in [6.45, 7) is 1.82. The molecule has 6 heteroatoms. The van der Waals surface area contributed by atoms with Gasteiger partial charge in [0.15, 0.2) is 0 Å². The molecule has 1 fully saturated rings. The van der Waals surface area contributed by atoms with E-state index in [9.17, 15) is 4.79 Å². The van der Waals surface area contributed by atoms with Crippen molar-refractivity contribution in [3.63, 3.8) is 0 Å². The van der Waals surface area contributed by atoms with Gasteiger partial charge in [0.2, 0.25) is 5.91 Å². The van der Waals surface area contributed by atoms with Gasteiger partial charge in [0.1, 0.15) is 0 Å². The zero-order valence-electron chi connectivity index (χ0n) is 10.5. The first-order chi connectivity index (χ1) is 9.20. The number of carbonyl (C=O) groups is 1. The van der Waals surface area contributed by atoms with Crippen molar-refractivity contribution in [2.75, 3.05) is 19.6 Å². The Bertz CT molecular complexity index is 513. The lowest BCUT2D eigenvalue weighted by atomic mass is 10.1. The second kappa shape index (κ2) is 6.59. The first kappa shape index (κ1) is 13.9. The molecule has 19 heavy (non-hydrogen) atoms. The van der Waals surface area contributed by atoms with Crippen LogP contribution in [0.15, 0.2) is 33.9 Å². The number of amides is 1. The van der Waals surface area contributed by atoms with Crippen LogP contribution in [0.1, 0.15) is 12.0 Å². The summed E-state index contributed by atoms with van der Waals surface area (Å²) in [4.78, 5) is 16.4. The Hall–Kier alpha value is -1.52. The molecule has 5 nitrogen and oxygen atoms in total. The van der Waals surface area contributed by atoms with Crippen LogP contribution in [-0.2, 0) is 11.2 Å². The fraction of sp³-hybridized carbons (Fsp3) is 0.462. The van der Waals surface area contributed by atoms with Crippen LogP contribution in [0.25, 0.3) is 10.4 Å². The lowest BCUT2D eigenvalue weighted by Crippen LogP contribution is -2.27. The number of halogens is 1. The first-order valence-electron chi connectivity index (χ1n) is 6.22. The zero-order chi connectivity index (χ0) is 13.7. The predicted octanol–water partition coefficient (Wildman–Crippen LogP) is 3.15. The van der Waals surface area contributed by atoms with Gasteiger partial charge >= 0.3 is 0 Å². The number of azide groups is 1. The summed E-state index contributed by atoms with van der Waals surface area (Å²) in [5.41, 5.74) is 9.50. The van der Waals surface area contributed by atoms with Crippen LogP contribution in [-0.4, -0.2) is 30.4 Å². The summed E-state index contributed by atoms with van der Waals surface area (Å²) in [5, 5.41) is 3.55. The molecular weight excluding hydrogens is 308 g/mol. The van der Waals surface area contributed by atoms with Crippen molar-refractivity contribution in [2.45, 2.75) is 12.8 Å². The van der Waals surface area contributed by atoms with Gasteiger partial charge in [0, 0.05) is 35.4 Å². The highest BCUT2D eigenvalue weighted by atomic mass is 79.9. The molecule has 1 aromatic rings. The monoisotopic (exact) mass is 322 g/mol. The quantitative estimate of drug-likeness (QED) is 0.466. The Morgan fingerprint density at radius 2 is 2.26 bits per heavy atom. The molecule has 0 spiro atoms. The average Bonchev–Trinajstić information content (AvgIpc) is 2.76. The molecular formula is C13H15BrN4O. The van der Waals surface area contributed by atoms with Gasteiger partial charge in [-0.2, -0.15) is 0 Å². The van der Waals surface area contributed by atoms with Gasteiger partial charge in [-0.25, -0.2) is 0 Å². The summed E-state index contributed by atoms with van der Waals surface area (Å²) >= 11 is 3.51. The molecule has 1 aliphatic heterocycles. The van der Waals surface area contributed by atoms with E-state index in [1.54, 1.807) is 0 Å². The van der Waals surface area contributed by atoms with Crippen molar-refractivity contribution in [1.82, 2.24) is 4.90 Å². The molecule has 1 amide bonds. The third-order valence-electron chi connectivity index (χ3n) is 3.31. The van der Waals surface area contributed by atoms with E-state index in [0.717, 1.165) is 10.9 Å². The first-order valence-corrected chi connectivity index (χ1v) is 7.02. The fourth-order valence-corrected chi connectivity index (χ4v) is 2.78. The summed E-state index contributed by atoms with van der Waals surface area (Å²) in [6.07, 6.45) is 1.33. The van der Waals surface area contributed by atoms with Crippen molar-refractivity contribution in [3.05, 3.63) is 44.7 Å². The van der Waals surface area contributed by atoms with Gasteiger partial charge in [0.25, 0.3) is 0 Å². The molecule has 0 radical (unpaired) electrons. The van der Waals surface area contributed by atoms with Crippen LogP contribution in [0.5, 0.6) is 0 Å². The molecule has 1 atom stereocenters. The molecule has 0 saturated carbocycles. The minimum atomic E-state index is 0.158. The molecule has 100 valence electrons. The number of carbonyl (C=O) groups excluding carboxylic acids is 1. The van der Waals surface area contributed by atoms with E-state index in [2.05, 4.69) is 32.0 Å². The van der Waals surface area contributed by atoms with Crippen LogP contribution in [0.3, 0.4) is 0 Å². The Balaban J connectivity index is 1.88. The lowest BCUT2D eigenvalue weighted by molar-refractivity contribution is -0.127. The highest BCUT2D eigenvalue weighted by molar-refractivity contribution is 9.10. The Kier molecular flexibility index (Phi) is 4.82. The molecule has 0 bridgehead atoms. The maximum Gasteiger partial charge on any atom is 0.222 e. The van der Waals surface area contributed by atoms with E-state index in [1.807, 2.05) is 23.1 Å². The molecule has 0 aliphatic carbocycles. The number of hydrogen-bond acceptors (Lipinski definition) is 2. The van der Waals surface area contributed by atoms with E-state index in [4.69, 9.17) is 5.53 Å². The smallest absolute Gasteiger partial charge is 0.222 e. The lowest BCUT2D eigenvalue weighted by Gasteiger charge is -2.16. The van der Waals surface area contributed by atoms with Crippen LogP contribution in [0.4, 0.5) is 0 Å². The average molecular weight is 323 g/mol. The van der Waals surface area contributed by atoms with E-state index >= 15 is 0 Å². The molecule has 0 aromatic heterocycles. The van der Waals surface area contributed by atoms with E-state index in [-0.39, 0.29) is 11.8 Å². The molecule has 2 rings (SSSR count). The van der Waals surface area contributed by atoms with Crippen molar-refractivity contribution in [3.8, 4) is 0 Å². The van der Waals surface area contributed by atoms with E-state index in [0.29, 0.717) is 26.1 Å².